The summed E-state index contributed by atoms with van der Waals surface area (Å²) in [6.07, 6.45) is 7.24. The Morgan fingerprint density at radius 3 is 2.63 bits per heavy atom. The molecule has 0 spiro atoms. The average Bonchev–Trinajstić information content (AvgIpc) is 3.05. The van der Waals surface area contributed by atoms with Crippen molar-refractivity contribution in [3.63, 3.8) is 0 Å². The van der Waals surface area contributed by atoms with Gasteiger partial charge < -0.3 is 10.2 Å². The first-order valence-corrected chi connectivity index (χ1v) is 10.9. The highest BCUT2D eigenvalue weighted by molar-refractivity contribution is 5.86. The molecular formula is C25H30N4O. The highest BCUT2D eigenvalue weighted by Crippen LogP contribution is 2.23. The first kappa shape index (κ1) is 20.3. The summed E-state index contributed by atoms with van der Waals surface area (Å²) in [4.78, 5) is 24.3. The Kier molecular flexibility index (Phi) is 6.26. The molecule has 30 heavy (non-hydrogen) atoms. The zero-order chi connectivity index (χ0) is 20.9. The normalized spacial score (nSPS) is 14.5. The number of hydrogen-bond donors (Lipinski definition) is 1. The number of carbonyl (C=O) groups excluding carboxylic acids is 1. The minimum Gasteiger partial charge on any atom is -0.357 e. The summed E-state index contributed by atoms with van der Waals surface area (Å²) in [5.74, 6) is 1.04. The number of para-hydroxylation sites is 1. The number of aromatic nitrogens is 2. The van der Waals surface area contributed by atoms with Crippen LogP contribution < -0.4 is 10.2 Å². The molecular weight excluding hydrogens is 372 g/mol. The van der Waals surface area contributed by atoms with Crippen molar-refractivity contribution in [1.29, 1.82) is 0 Å². The SMILES string of the molecule is Cc1nc2ccccc2c(C)c1CC(=O)NCc1ccnc(N2CCCCCC2)c1. The van der Waals surface area contributed by atoms with E-state index in [2.05, 4.69) is 39.2 Å². The van der Waals surface area contributed by atoms with Gasteiger partial charge in [0.2, 0.25) is 5.91 Å². The Morgan fingerprint density at radius 2 is 1.83 bits per heavy atom. The molecule has 1 aliphatic heterocycles. The lowest BCUT2D eigenvalue weighted by atomic mass is 9.99. The topological polar surface area (TPSA) is 58.1 Å². The molecule has 4 rings (SSSR count). The third kappa shape index (κ3) is 4.61. The van der Waals surface area contributed by atoms with Gasteiger partial charge in [-0.3, -0.25) is 9.78 Å². The van der Waals surface area contributed by atoms with Gasteiger partial charge in [-0.15, -0.1) is 0 Å². The van der Waals surface area contributed by atoms with E-state index in [1.54, 1.807) is 0 Å². The standard InChI is InChI=1S/C25H30N4O/c1-18-21-9-5-6-10-23(21)28-19(2)22(18)16-25(30)27-17-20-11-12-26-24(15-20)29-13-7-3-4-8-14-29/h5-6,9-12,15H,3-4,7-8,13-14,16-17H2,1-2H3,(H,27,30). The summed E-state index contributed by atoms with van der Waals surface area (Å²) in [6, 6.07) is 12.2. The van der Waals surface area contributed by atoms with E-state index >= 15 is 0 Å². The lowest BCUT2D eigenvalue weighted by Crippen LogP contribution is -2.27. The summed E-state index contributed by atoms with van der Waals surface area (Å²) in [5.41, 5.74) is 5.15. The van der Waals surface area contributed by atoms with Crippen molar-refractivity contribution in [3.8, 4) is 0 Å². The molecule has 1 amide bonds. The molecule has 1 aromatic carbocycles. The van der Waals surface area contributed by atoms with E-state index in [0.717, 1.165) is 52.2 Å². The van der Waals surface area contributed by atoms with Crippen LogP contribution in [0.25, 0.3) is 10.9 Å². The quantitative estimate of drug-likeness (QED) is 0.683. The van der Waals surface area contributed by atoms with Gasteiger partial charge >= 0.3 is 0 Å². The van der Waals surface area contributed by atoms with Gasteiger partial charge in [-0.25, -0.2) is 4.98 Å². The molecule has 0 bridgehead atoms. The largest absolute Gasteiger partial charge is 0.357 e. The number of amides is 1. The van der Waals surface area contributed by atoms with Crippen molar-refractivity contribution < 1.29 is 4.79 Å². The van der Waals surface area contributed by atoms with E-state index < -0.39 is 0 Å². The minimum atomic E-state index is 0.0198. The fraction of sp³-hybridized carbons (Fsp3) is 0.400. The van der Waals surface area contributed by atoms with Crippen LogP contribution in [0, 0.1) is 13.8 Å². The van der Waals surface area contributed by atoms with Crippen molar-refractivity contribution >= 4 is 22.6 Å². The molecule has 5 heteroatoms. The van der Waals surface area contributed by atoms with Crippen LogP contribution >= 0.6 is 0 Å². The maximum Gasteiger partial charge on any atom is 0.224 e. The van der Waals surface area contributed by atoms with E-state index in [1.165, 1.54) is 25.7 Å². The monoisotopic (exact) mass is 402 g/mol. The molecule has 1 fully saturated rings. The van der Waals surface area contributed by atoms with Gasteiger partial charge in [0, 0.05) is 36.9 Å². The zero-order valence-corrected chi connectivity index (χ0v) is 17.9. The number of anilines is 1. The summed E-state index contributed by atoms with van der Waals surface area (Å²) < 4.78 is 0. The van der Waals surface area contributed by atoms with Crippen LogP contribution in [0.4, 0.5) is 5.82 Å². The number of benzene rings is 1. The minimum absolute atomic E-state index is 0.0198. The van der Waals surface area contributed by atoms with E-state index in [9.17, 15) is 4.79 Å². The highest BCUT2D eigenvalue weighted by Gasteiger charge is 2.14. The van der Waals surface area contributed by atoms with Crippen LogP contribution in [-0.2, 0) is 17.8 Å². The van der Waals surface area contributed by atoms with Gasteiger partial charge in [0.25, 0.3) is 0 Å². The Labute approximate surface area is 178 Å². The molecule has 3 aromatic rings. The number of hydrogen-bond acceptors (Lipinski definition) is 4. The molecule has 3 heterocycles. The van der Waals surface area contributed by atoms with Crippen molar-refractivity contribution in [2.75, 3.05) is 18.0 Å². The first-order chi connectivity index (χ1) is 14.6. The molecule has 1 aliphatic rings. The third-order valence-corrected chi connectivity index (χ3v) is 6.05. The van der Waals surface area contributed by atoms with Gasteiger partial charge in [0.15, 0.2) is 0 Å². The van der Waals surface area contributed by atoms with Crippen LogP contribution in [0.15, 0.2) is 42.6 Å². The van der Waals surface area contributed by atoms with Crippen molar-refractivity contribution in [2.24, 2.45) is 0 Å². The van der Waals surface area contributed by atoms with Gasteiger partial charge in [-0.2, -0.15) is 0 Å². The summed E-state index contributed by atoms with van der Waals surface area (Å²) in [7, 11) is 0. The summed E-state index contributed by atoms with van der Waals surface area (Å²) >= 11 is 0. The second-order valence-corrected chi connectivity index (χ2v) is 8.19. The third-order valence-electron chi connectivity index (χ3n) is 6.05. The predicted octanol–water partition coefficient (Wildman–Crippen LogP) is 4.49. The van der Waals surface area contributed by atoms with Crippen LogP contribution in [-0.4, -0.2) is 29.0 Å². The first-order valence-electron chi connectivity index (χ1n) is 10.9. The molecule has 1 N–H and O–H groups in total. The Bertz CT molecular complexity index is 1040. The smallest absolute Gasteiger partial charge is 0.224 e. The number of rotatable bonds is 5. The Hall–Kier alpha value is -2.95. The van der Waals surface area contributed by atoms with E-state index in [1.807, 2.05) is 37.4 Å². The number of nitrogens with zero attached hydrogens (tertiary/aromatic N) is 3. The number of carbonyl (C=O) groups is 1. The lowest BCUT2D eigenvalue weighted by molar-refractivity contribution is -0.120. The molecule has 0 saturated carbocycles. The molecule has 5 nitrogen and oxygen atoms in total. The van der Waals surface area contributed by atoms with Gasteiger partial charge in [-0.1, -0.05) is 31.0 Å². The molecule has 0 aliphatic carbocycles. The van der Waals surface area contributed by atoms with Crippen molar-refractivity contribution in [2.45, 2.75) is 52.5 Å². The maximum atomic E-state index is 12.7. The van der Waals surface area contributed by atoms with Gasteiger partial charge in [0.05, 0.1) is 11.9 Å². The number of fused-ring (bicyclic) bond motifs is 1. The molecule has 1 saturated heterocycles. The van der Waals surface area contributed by atoms with Crippen LogP contribution in [0.5, 0.6) is 0 Å². The van der Waals surface area contributed by atoms with E-state index in [4.69, 9.17) is 0 Å². The second-order valence-electron chi connectivity index (χ2n) is 8.19. The number of aryl methyl sites for hydroxylation is 2. The Morgan fingerprint density at radius 1 is 1.07 bits per heavy atom. The average molecular weight is 403 g/mol. The molecule has 156 valence electrons. The highest BCUT2D eigenvalue weighted by atomic mass is 16.1. The lowest BCUT2D eigenvalue weighted by Gasteiger charge is -2.21. The second kappa shape index (κ2) is 9.24. The van der Waals surface area contributed by atoms with Crippen molar-refractivity contribution in [3.05, 3.63) is 65.0 Å². The summed E-state index contributed by atoms with van der Waals surface area (Å²) in [6.45, 7) is 6.71. The van der Waals surface area contributed by atoms with Gasteiger partial charge in [-0.05, 0) is 61.6 Å². The van der Waals surface area contributed by atoms with Gasteiger partial charge in [0.1, 0.15) is 5.82 Å². The predicted molar refractivity (Wildman–Crippen MR) is 122 cm³/mol. The molecule has 2 aromatic heterocycles. The zero-order valence-electron chi connectivity index (χ0n) is 17.9. The maximum absolute atomic E-state index is 12.7. The number of pyridine rings is 2. The Balaban J connectivity index is 1.42. The number of nitrogens with one attached hydrogen (secondary N) is 1. The van der Waals surface area contributed by atoms with E-state index in [-0.39, 0.29) is 5.91 Å². The van der Waals surface area contributed by atoms with E-state index in [0.29, 0.717) is 13.0 Å². The summed E-state index contributed by atoms with van der Waals surface area (Å²) in [5, 5.41) is 4.19. The molecule has 0 radical (unpaired) electrons. The van der Waals surface area contributed by atoms with Crippen molar-refractivity contribution in [1.82, 2.24) is 15.3 Å². The fourth-order valence-corrected chi connectivity index (χ4v) is 4.30. The molecule has 0 unspecified atom stereocenters. The van der Waals surface area contributed by atoms with Crippen LogP contribution in [0.2, 0.25) is 0 Å². The fourth-order valence-electron chi connectivity index (χ4n) is 4.30. The van der Waals surface area contributed by atoms with Crippen LogP contribution in [0.3, 0.4) is 0 Å². The van der Waals surface area contributed by atoms with Crippen LogP contribution in [0.1, 0.15) is 48.1 Å². The molecule has 0 atom stereocenters.